The highest BCUT2D eigenvalue weighted by Gasteiger charge is 2.42. The first kappa shape index (κ1) is 13.4. The van der Waals surface area contributed by atoms with Gasteiger partial charge in [-0.3, -0.25) is 9.97 Å². The van der Waals surface area contributed by atoms with Crippen molar-refractivity contribution in [2.24, 2.45) is 5.92 Å². The predicted molar refractivity (Wildman–Crippen MR) is 69.0 cm³/mol. The van der Waals surface area contributed by atoms with Gasteiger partial charge in [0.15, 0.2) is 0 Å². The van der Waals surface area contributed by atoms with Crippen LogP contribution in [0.1, 0.15) is 51.3 Å². The standard InChI is InChI=1S/C14H22N2O2/c1-3-18-14(6-4-11(2)5-7-14)13(17)12-10-15-8-9-16-12/h8-11,13,17H,3-7H2,1-2H3. The first-order chi connectivity index (χ1) is 8.68. The quantitative estimate of drug-likeness (QED) is 0.892. The van der Waals surface area contributed by atoms with Crippen molar-refractivity contribution in [1.82, 2.24) is 9.97 Å². The first-order valence-corrected chi connectivity index (χ1v) is 6.76. The Morgan fingerprint density at radius 2 is 2.17 bits per heavy atom. The SMILES string of the molecule is CCOC1(C(O)c2cnccn2)CCC(C)CC1. The molecule has 18 heavy (non-hydrogen) atoms. The fraction of sp³-hybridized carbons (Fsp3) is 0.714. The van der Waals surface area contributed by atoms with Crippen LogP contribution in [0.5, 0.6) is 0 Å². The molecule has 1 unspecified atom stereocenters. The van der Waals surface area contributed by atoms with Crippen molar-refractivity contribution in [2.75, 3.05) is 6.61 Å². The lowest BCUT2D eigenvalue weighted by Crippen LogP contribution is -2.43. The lowest BCUT2D eigenvalue weighted by molar-refractivity contribution is -0.147. The molecule has 0 saturated heterocycles. The second kappa shape index (κ2) is 5.76. The second-order valence-electron chi connectivity index (χ2n) is 5.21. The molecule has 0 bridgehead atoms. The molecular weight excluding hydrogens is 228 g/mol. The Labute approximate surface area is 108 Å². The molecule has 1 aromatic rings. The van der Waals surface area contributed by atoms with Gasteiger partial charge in [0.05, 0.1) is 17.5 Å². The van der Waals surface area contributed by atoms with E-state index in [9.17, 15) is 5.11 Å². The van der Waals surface area contributed by atoms with E-state index in [0.29, 0.717) is 18.2 Å². The number of aromatic nitrogens is 2. The zero-order valence-electron chi connectivity index (χ0n) is 11.2. The molecule has 0 aromatic carbocycles. The van der Waals surface area contributed by atoms with E-state index in [1.165, 1.54) is 0 Å². The molecule has 0 spiro atoms. The Morgan fingerprint density at radius 3 is 2.72 bits per heavy atom. The minimum atomic E-state index is -0.682. The van der Waals surface area contributed by atoms with Crippen LogP contribution in [0.3, 0.4) is 0 Å². The van der Waals surface area contributed by atoms with E-state index in [-0.39, 0.29) is 0 Å². The number of hydrogen-bond donors (Lipinski definition) is 1. The molecule has 1 atom stereocenters. The Balaban J connectivity index is 2.19. The summed E-state index contributed by atoms with van der Waals surface area (Å²) in [7, 11) is 0. The van der Waals surface area contributed by atoms with E-state index < -0.39 is 11.7 Å². The summed E-state index contributed by atoms with van der Waals surface area (Å²) in [6, 6.07) is 0. The van der Waals surface area contributed by atoms with Crippen LogP contribution < -0.4 is 0 Å². The van der Waals surface area contributed by atoms with Crippen molar-refractivity contribution in [3.63, 3.8) is 0 Å². The van der Waals surface area contributed by atoms with E-state index in [2.05, 4.69) is 16.9 Å². The van der Waals surface area contributed by atoms with E-state index in [1.807, 2.05) is 6.92 Å². The summed E-state index contributed by atoms with van der Waals surface area (Å²) in [6.45, 7) is 4.85. The van der Waals surface area contributed by atoms with E-state index >= 15 is 0 Å². The summed E-state index contributed by atoms with van der Waals surface area (Å²) in [5, 5.41) is 10.6. The maximum atomic E-state index is 10.6. The highest BCUT2D eigenvalue weighted by molar-refractivity contribution is 5.08. The molecule has 1 aromatic heterocycles. The van der Waals surface area contributed by atoms with Crippen LogP contribution in [-0.2, 0) is 4.74 Å². The Hall–Kier alpha value is -1.00. The Morgan fingerprint density at radius 1 is 1.44 bits per heavy atom. The molecule has 0 radical (unpaired) electrons. The van der Waals surface area contributed by atoms with E-state index in [0.717, 1.165) is 25.7 Å². The number of ether oxygens (including phenoxy) is 1. The molecular formula is C14H22N2O2. The van der Waals surface area contributed by atoms with Gasteiger partial charge in [-0.15, -0.1) is 0 Å². The van der Waals surface area contributed by atoms with Gasteiger partial charge in [-0.25, -0.2) is 0 Å². The van der Waals surface area contributed by atoms with Crippen molar-refractivity contribution in [3.05, 3.63) is 24.3 Å². The van der Waals surface area contributed by atoms with Gasteiger partial charge in [0, 0.05) is 19.0 Å². The Bertz CT molecular complexity index is 361. The van der Waals surface area contributed by atoms with Gasteiger partial charge in [-0.05, 0) is 38.5 Å². The fourth-order valence-corrected chi connectivity index (χ4v) is 2.76. The molecule has 4 heteroatoms. The summed E-state index contributed by atoms with van der Waals surface area (Å²) < 4.78 is 5.92. The number of hydrogen-bond acceptors (Lipinski definition) is 4. The third kappa shape index (κ3) is 2.70. The largest absolute Gasteiger partial charge is 0.384 e. The lowest BCUT2D eigenvalue weighted by atomic mass is 9.75. The van der Waals surface area contributed by atoms with Gasteiger partial charge in [-0.2, -0.15) is 0 Å². The van der Waals surface area contributed by atoms with Gasteiger partial charge in [-0.1, -0.05) is 6.92 Å². The minimum absolute atomic E-state index is 0.475. The minimum Gasteiger partial charge on any atom is -0.384 e. The van der Waals surface area contributed by atoms with Crippen LogP contribution in [0, 0.1) is 5.92 Å². The number of rotatable bonds is 4. The third-order valence-corrected chi connectivity index (χ3v) is 3.91. The molecule has 1 aliphatic rings. The van der Waals surface area contributed by atoms with Gasteiger partial charge in [0.1, 0.15) is 6.10 Å². The van der Waals surface area contributed by atoms with Crippen LogP contribution >= 0.6 is 0 Å². The normalized spacial score (nSPS) is 30.1. The zero-order chi connectivity index (χ0) is 13.0. The molecule has 1 heterocycles. The Kier molecular flexibility index (Phi) is 4.30. The van der Waals surface area contributed by atoms with Crippen molar-refractivity contribution < 1.29 is 9.84 Å². The van der Waals surface area contributed by atoms with Crippen molar-refractivity contribution >= 4 is 0 Å². The molecule has 0 aliphatic heterocycles. The number of aliphatic hydroxyl groups excluding tert-OH is 1. The summed E-state index contributed by atoms with van der Waals surface area (Å²) >= 11 is 0. The van der Waals surface area contributed by atoms with Crippen LogP contribution in [0.4, 0.5) is 0 Å². The van der Waals surface area contributed by atoms with Crippen molar-refractivity contribution in [2.45, 2.75) is 51.2 Å². The van der Waals surface area contributed by atoms with Crippen molar-refractivity contribution in [3.8, 4) is 0 Å². The summed E-state index contributed by atoms with van der Waals surface area (Å²) in [5.74, 6) is 0.715. The lowest BCUT2D eigenvalue weighted by Gasteiger charge is -2.42. The van der Waals surface area contributed by atoms with Gasteiger partial charge in [0.2, 0.25) is 0 Å². The number of nitrogens with zero attached hydrogens (tertiary/aromatic N) is 2. The molecule has 1 saturated carbocycles. The average Bonchev–Trinajstić information content (AvgIpc) is 2.42. The van der Waals surface area contributed by atoms with Crippen LogP contribution in [0.15, 0.2) is 18.6 Å². The molecule has 100 valence electrons. The molecule has 1 N–H and O–H groups in total. The third-order valence-electron chi connectivity index (χ3n) is 3.91. The van der Waals surface area contributed by atoms with Crippen LogP contribution in [0.25, 0.3) is 0 Å². The summed E-state index contributed by atoms with van der Waals surface area (Å²) in [4.78, 5) is 8.24. The zero-order valence-corrected chi connectivity index (χ0v) is 11.2. The van der Waals surface area contributed by atoms with Gasteiger partial charge < -0.3 is 9.84 Å². The highest BCUT2D eigenvalue weighted by Crippen LogP contribution is 2.42. The number of aliphatic hydroxyl groups is 1. The summed E-state index contributed by atoms with van der Waals surface area (Å²) in [5.41, 5.74) is 0.137. The monoisotopic (exact) mass is 250 g/mol. The van der Waals surface area contributed by atoms with E-state index in [4.69, 9.17) is 4.74 Å². The average molecular weight is 250 g/mol. The maximum absolute atomic E-state index is 10.6. The summed E-state index contributed by atoms with van der Waals surface area (Å²) in [6.07, 6.45) is 8.15. The van der Waals surface area contributed by atoms with Crippen LogP contribution in [-0.4, -0.2) is 27.3 Å². The smallest absolute Gasteiger partial charge is 0.126 e. The second-order valence-corrected chi connectivity index (χ2v) is 5.21. The predicted octanol–water partition coefficient (Wildman–Crippen LogP) is 2.50. The first-order valence-electron chi connectivity index (χ1n) is 6.76. The van der Waals surface area contributed by atoms with Crippen LogP contribution in [0.2, 0.25) is 0 Å². The van der Waals surface area contributed by atoms with Gasteiger partial charge in [0.25, 0.3) is 0 Å². The van der Waals surface area contributed by atoms with Crippen molar-refractivity contribution in [1.29, 1.82) is 0 Å². The molecule has 0 amide bonds. The highest BCUT2D eigenvalue weighted by atomic mass is 16.5. The molecule has 1 fully saturated rings. The maximum Gasteiger partial charge on any atom is 0.126 e. The van der Waals surface area contributed by atoms with Gasteiger partial charge >= 0.3 is 0 Å². The molecule has 4 nitrogen and oxygen atoms in total. The fourth-order valence-electron chi connectivity index (χ4n) is 2.76. The topological polar surface area (TPSA) is 55.2 Å². The molecule has 2 rings (SSSR count). The molecule has 1 aliphatic carbocycles. The van der Waals surface area contributed by atoms with E-state index in [1.54, 1.807) is 18.6 Å².